The SMILES string of the molecule is COCc1ccccc1CNCC(Br)C(=O)OC. The number of ether oxygens (including phenoxy) is 2. The van der Waals surface area contributed by atoms with Crippen LogP contribution >= 0.6 is 15.9 Å². The lowest BCUT2D eigenvalue weighted by atomic mass is 10.1. The molecule has 1 aromatic rings. The predicted molar refractivity (Wildman–Crippen MR) is 73.6 cm³/mol. The van der Waals surface area contributed by atoms with Crippen molar-refractivity contribution in [3.05, 3.63) is 35.4 Å². The Balaban J connectivity index is 2.46. The predicted octanol–water partition coefficient (Wildman–Crippen LogP) is 1.86. The number of hydrogen-bond acceptors (Lipinski definition) is 4. The Bertz CT molecular complexity index is 384. The molecule has 1 N–H and O–H groups in total. The molecule has 0 aliphatic rings. The minimum Gasteiger partial charge on any atom is -0.468 e. The van der Waals surface area contributed by atoms with Crippen molar-refractivity contribution < 1.29 is 14.3 Å². The van der Waals surface area contributed by atoms with Crippen molar-refractivity contribution in [3.63, 3.8) is 0 Å². The molecule has 0 heterocycles. The van der Waals surface area contributed by atoms with Crippen LogP contribution < -0.4 is 5.32 Å². The van der Waals surface area contributed by atoms with Crippen molar-refractivity contribution in [2.45, 2.75) is 18.0 Å². The summed E-state index contributed by atoms with van der Waals surface area (Å²) in [5, 5.41) is 3.21. The molecule has 100 valence electrons. The van der Waals surface area contributed by atoms with Crippen LogP contribution in [0.3, 0.4) is 0 Å². The Labute approximate surface area is 116 Å². The molecule has 0 saturated heterocycles. The second-order valence-corrected chi connectivity index (χ2v) is 4.93. The van der Waals surface area contributed by atoms with Crippen LogP contribution in [-0.4, -0.2) is 31.6 Å². The Morgan fingerprint density at radius 3 is 2.61 bits per heavy atom. The van der Waals surface area contributed by atoms with E-state index >= 15 is 0 Å². The lowest BCUT2D eigenvalue weighted by Crippen LogP contribution is -2.29. The van der Waals surface area contributed by atoms with Gasteiger partial charge in [-0.05, 0) is 11.1 Å². The van der Waals surface area contributed by atoms with E-state index in [0.29, 0.717) is 19.7 Å². The smallest absolute Gasteiger partial charge is 0.320 e. The molecule has 0 aliphatic carbocycles. The first kappa shape index (κ1) is 15.1. The number of carbonyl (C=O) groups is 1. The van der Waals surface area contributed by atoms with E-state index in [1.807, 2.05) is 24.3 Å². The van der Waals surface area contributed by atoms with E-state index in [2.05, 4.69) is 26.0 Å². The van der Waals surface area contributed by atoms with E-state index < -0.39 is 0 Å². The zero-order chi connectivity index (χ0) is 13.4. The van der Waals surface area contributed by atoms with Gasteiger partial charge in [0.05, 0.1) is 13.7 Å². The molecule has 1 rings (SSSR count). The van der Waals surface area contributed by atoms with Crippen LogP contribution in [0.25, 0.3) is 0 Å². The maximum atomic E-state index is 11.2. The van der Waals surface area contributed by atoms with Gasteiger partial charge in [0.25, 0.3) is 0 Å². The molecular formula is C13H18BrNO3. The number of methoxy groups -OCH3 is 2. The van der Waals surface area contributed by atoms with Crippen molar-refractivity contribution >= 4 is 21.9 Å². The van der Waals surface area contributed by atoms with Gasteiger partial charge in [-0.15, -0.1) is 0 Å². The summed E-state index contributed by atoms with van der Waals surface area (Å²) in [6, 6.07) is 8.05. The second-order valence-electron chi connectivity index (χ2n) is 3.82. The molecule has 0 aromatic heterocycles. The molecule has 1 unspecified atom stereocenters. The lowest BCUT2D eigenvalue weighted by Gasteiger charge is -2.12. The highest BCUT2D eigenvalue weighted by Gasteiger charge is 2.14. The average Bonchev–Trinajstić information content (AvgIpc) is 2.40. The topological polar surface area (TPSA) is 47.6 Å². The highest BCUT2D eigenvalue weighted by atomic mass is 79.9. The first-order chi connectivity index (χ1) is 8.69. The summed E-state index contributed by atoms with van der Waals surface area (Å²) in [6.45, 7) is 1.80. The molecule has 0 fully saturated rings. The molecule has 0 spiro atoms. The largest absolute Gasteiger partial charge is 0.468 e. The van der Waals surface area contributed by atoms with Crippen LogP contribution in [0.2, 0.25) is 0 Å². The van der Waals surface area contributed by atoms with Gasteiger partial charge in [0, 0.05) is 20.2 Å². The van der Waals surface area contributed by atoms with Gasteiger partial charge in [0.1, 0.15) is 4.83 Å². The fourth-order valence-electron chi connectivity index (χ4n) is 1.57. The number of alkyl halides is 1. The summed E-state index contributed by atoms with van der Waals surface area (Å²) in [5.74, 6) is -0.271. The Morgan fingerprint density at radius 1 is 1.33 bits per heavy atom. The maximum Gasteiger partial charge on any atom is 0.320 e. The Hall–Kier alpha value is -0.910. The number of hydrogen-bond donors (Lipinski definition) is 1. The van der Waals surface area contributed by atoms with Crippen molar-refractivity contribution in [2.75, 3.05) is 20.8 Å². The standard InChI is InChI=1S/C13H18BrNO3/c1-17-9-11-6-4-3-5-10(11)7-15-8-12(14)13(16)18-2/h3-6,12,15H,7-9H2,1-2H3. The first-order valence-corrected chi connectivity index (χ1v) is 6.59. The summed E-state index contributed by atoms with van der Waals surface area (Å²) in [4.78, 5) is 10.9. The van der Waals surface area contributed by atoms with Crippen LogP contribution in [0.1, 0.15) is 11.1 Å². The Kier molecular flexibility index (Phi) is 6.93. The number of rotatable bonds is 7. The van der Waals surface area contributed by atoms with Crippen LogP contribution in [0, 0.1) is 0 Å². The van der Waals surface area contributed by atoms with E-state index in [4.69, 9.17) is 4.74 Å². The van der Waals surface area contributed by atoms with Crippen LogP contribution in [0.5, 0.6) is 0 Å². The summed E-state index contributed by atoms with van der Waals surface area (Å²) in [7, 11) is 3.06. The number of carbonyl (C=O) groups excluding carboxylic acids is 1. The van der Waals surface area contributed by atoms with Crippen molar-refractivity contribution in [1.82, 2.24) is 5.32 Å². The average molecular weight is 316 g/mol. The van der Waals surface area contributed by atoms with E-state index in [0.717, 1.165) is 5.56 Å². The maximum absolute atomic E-state index is 11.2. The second kappa shape index (κ2) is 8.24. The van der Waals surface area contributed by atoms with Gasteiger partial charge >= 0.3 is 5.97 Å². The molecule has 1 aromatic carbocycles. The molecule has 0 amide bonds. The highest BCUT2D eigenvalue weighted by molar-refractivity contribution is 9.10. The molecule has 0 bridgehead atoms. The minimum atomic E-state index is -0.322. The normalized spacial score (nSPS) is 12.2. The molecule has 0 radical (unpaired) electrons. The molecule has 4 nitrogen and oxygen atoms in total. The zero-order valence-electron chi connectivity index (χ0n) is 10.6. The zero-order valence-corrected chi connectivity index (χ0v) is 12.2. The van der Waals surface area contributed by atoms with Gasteiger partial charge in [-0.1, -0.05) is 40.2 Å². The van der Waals surface area contributed by atoms with Gasteiger partial charge in [-0.3, -0.25) is 4.79 Å². The third kappa shape index (κ3) is 4.76. The number of halogens is 1. The first-order valence-electron chi connectivity index (χ1n) is 5.67. The van der Waals surface area contributed by atoms with Gasteiger partial charge < -0.3 is 14.8 Å². The van der Waals surface area contributed by atoms with Crippen molar-refractivity contribution in [2.24, 2.45) is 0 Å². The summed E-state index contributed by atoms with van der Waals surface area (Å²) >= 11 is 3.26. The molecule has 1 atom stereocenters. The molecule has 5 heteroatoms. The van der Waals surface area contributed by atoms with Gasteiger partial charge in [0.15, 0.2) is 0 Å². The van der Waals surface area contributed by atoms with Crippen LogP contribution in [0.4, 0.5) is 0 Å². The molecule has 18 heavy (non-hydrogen) atoms. The Morgan fingerprint density at radius 2 is 2.00 bits per heavy atom. The minimum absolute atomic E-state index is 0.271. The summed E-state index contributed by atoms with van der Waals surface area (Å²) in [5.41, 5.74) is 2.32. The third-order valence-electron chi connectivity index (χ3n) is 2.51. The fraction of sp³-hybridized carbons (Fsp3) is 0.462. The highest BCUT2D eigenvalue weighted by Crippen LogP contribution is 2.10. The monoisotopic (exact) mass is 315 g/mol. The van der Waals surface area contributed by atoms with E-state index in [1.165, 1.54) is 12.7 Å². The molecule has 0 saturated carbocycles. The number of esters is 1. The van der Waals surface area contributed by atoms with Crippen molar-refractivity contribution in [3.8, 4) is 0 Å². The number of benzene rings is 1. The summed E-state index contributed by atoms with van der Waals surface area (Å²) < 4.78 is 9.77. The van der Waals surface area contributed by atoms with Crippen molar-refractivity contribution in [1.29, 1.82) is 0 Å². The molecular weight excluding hydrogens is 298 g/mol. The van der Waals surface area contributed by atoms with E-state index in [1.54, 1.807) is 7.11 Å². The number of nitrogens with one attached hydrogen (secondary N) is 1. The van der Waals surface area contributed by atoms with Crippen LogP contribution in [0.15, 0.2) is 24.3 Å². The van der Waals surface area contributed by atoms with Crippen LogP contribution in [-0.2, 0) is 27.4 Å². The summed E-state index contributed by atoms with van der Waals surface area (Å²) in [6.07, 6.45) is 0. The van der Waals surface area contributed by atoms with E-state index in [-0.39, 0.29) is 10.8 Å². The third-order valence-corrected chi connectivity index (χ3v) is 3.21. The van der Waals surface area contributed by atoms with Gasteiger partial charge in [-0.25, -0.2) is 0 Å². The van der Waals surface area contributed by atoms with E-state index in [9.17, 15) is 4.79 Å². The quantitative estimate of drug-likeness (QED) is 0.616. The molecule has 0 aliphatic heterocycles. The van der Waals surface area contributed by atoms with Gasteiger partial charge in [-0.2, -0.15) is 0 Å². The lowest BCUT2D eigenvalue weighted by molar-refractivity contribution is -0.139. The van der Waals surface area contributed by atoms with Gasteiger partial charge in [0.2, 0.25) is 0 Å². The fourth-order valence-corrected chi connectivity index (χ4v) is 1.99.